The van der Waals surface area contributed by atoms with Crippen LogP contribution in [0.1, 0.15) is 17.0 Å². The number of benzene rings is 2. The SMILES string of the molecule is O=C(O)C(Cc1cccc(F)c1)c1cccc(Cl)c1. The lowest BCUT2D eigenvalue weighted by atomic mass is 9.92. The Morgan fingerprint density at radius 3 is 2.58 bits per heavy atom. The Bertz CT molecular complexity index is 598. The van der Waals surface area contributed by atoms with E-state index >= 15 is 0 Å². The van der Waals surface area contributed by atoms with E-state index in [0.717, 1.165) is 0 Å². The molecule has 0 aliphatic heterocycles. The molecule has 1 atom stereocenters. The Kier molecular flexibility index (Phi) is 4.17. The third-order valence-electron chi connectivity index (χ3n) is 2.88. The number of hydrogen-bond donors (Lipinski definition) is 1. The molecule has 4 heteroatoms. The summed E-state index contributed by atoms with van der Waals surface area (Å²) in [6, 6.07) is 12.7. The molecule has 0 aliphatic rings. The average molecular weight is 279 g/mol. The molecule has 0 heterocycles. The maximum atomic E-state index is 13.1. The Hall–Kier alpha value is -1.87. The van der Waals surface area contributed by atoms with Crippen molar-refractivity contribution in [3.63, 3.8) is 0 Å². The maximum Gasteiger partial charge on any atom is 0.311 e. The summed E-state index contributed by atoms with van der Waals surface area (Å²) < 4.78 is 13.1. The topological polar surface area (TPSA) is 37.3 Å². The number of carboxylic acids is 1. The van der Waals surface area contributed by atoms with E-state index in [4.69, 9.17) is 11.6 Å². The first-order chi connectivity index (χ1) is 9.06. The lowest BCUT2D eigenvalue weighted by molar-refractivity contribution is -0.138. The van der Waals surface area contributed by atoms with Gasteiger partial charge in [-0.05, 0) is 41.8 Å². The minimum atomic E-state index is -0.952. The summed E-state index contributed by atoms with van der Waals surface area (Å²) >= 11 is 5.87. The fraction of sp³-hybridized carbons (Fsp3) is 0.133. The van der Waals surface area contributed by atoms with Gasteiger partial charge in [-0.15, -0.1) is 0 Å². The van der Waals surface area contributed by atoms with Gasteiger partial charge in [-0.1, -0.05) is 35.9 Å². The standard InChI is InChI=1S/C15H12ClFO2/c16-12-5-2-4-11(9-12)14(15(18)19)8-10-3-1-6-13(17)7-10/h1-7,9,14H,8H2,(H,18,19). The molecule has 2 aromatic rings. The molecule has 0 saturated carbocycles. The van der Waals surface area contributed by atoms with Crippen LogP contribution in [0.2, 0.25) is 5.02 Å². The van der Waals surface area contributed by atoms with Gasteiger partial charge in [0.05, 0.1) is 5.92 Å². The van der Waals surface area contributed by atoms with Crippen molar-refractivity contribution in [2.75, 3.05) is 0 Å². The van der Waals surface area contributed by atoms with Crippen LogP contribution in [0.4, 0.5) is 4.39 Å². The number of halogens is 2. The van der Waals surface area contributed by atoms with Gasteiger partial charge >= 0.3 is 5.97 Å². The van der Waals surface area contributed by atoms with Gasteiger partial charge in [0, 0.05) is 5.02 Å². The van der Waals surface area contributed by atoms with Crippen LogP contribution in [0.25, 0.3) is 0 Å². The molecule has 0 spiro atoms. The van der Waals surface area contributed by atoms with E-state index in [2.05, 4.69) is 0 Å². The van der Waals surface area contributed by atoms with Gasteiger partial charge in [0.25, 0.3) is 0 Å². The molecule has 0 radical (unpaired) electrons. The summed E-state index contributed by atoms with van der Waals surface area (Å²) in [5.74, 6) is -2.06. The Balaban J connectivity index is 2.29. The minimum absolute atomic E-state index is 0.230. The zero-order chi connectivity index (χ0) is 13.8. The molecule has 0 bridgehead atoms. The molecule has 1 N–H and O–H groups in total. The first kappa shape index (κ1) is 13.6. The molecule has 2 rings (SSSR count). The summed E-state index contributed by atoms with van der Waals surface area (Å²) in [4.78, 5) is 11.4. The smallest absolute Gasteiger partial charge is 0.311 e. The molecule has 0 aromatic heterocycles. The number of carbonyl (C=O) groups is 1. The van der Waals surface area contributed by atoms with Crippen molar-refractivity contribution in [1.29, 1.82) is 0 Å². The molecule has 0 fully saturated rings. The van der Waals surface area contributed by atoms with Crippen LogP contribution >= 0.6 is 11.6 Å². The van der Waals surface area contributed by atoms with Crippen molar-refractivity contribution >= 4 is 17.6 Å². The fourth-order valence-corrected chi connectivity index (χ4v) is 2.17. The Morgan fingerprint density at radius 1 is 1.21 bits per heavy atom. The summed E-state index contributed by atoms with van der Waals surface area (Å²) in [6.07, 6.45) is 0.230. The zero-order valence-corrected chi connectivity index (χ0v) is 10.8. The van der Waals surface area contributed by atoms with Crippen molar-refractivity contribution in [3.05, 3.63) is 70.5 Å². The third kappa shape index (κ3) is 3.55. The van der Waals surface area contributed by atoms with Crippen molar-refractivity contribution in [2.24, 2.45) is 0 Å². The van der Waals surface area contributed by atoms with Gasteiger partial charge in [0.2, 0.25) is 0 Å². The van der Waals surface area contributed by atoms with Crippen molar-refractivity contribution in [1.82, 2.24) is 0 Å². The molecule has 0 aliphatic carbocycles. The number of aliphatic carboxylic acids is 1. The van der Waals surface area contributed by atoms with Gasteiger partial charge in [-0.3, -0.25) is 4.79 Å². The molecule has 0 amide bonds. The Labute approximate surface area is 115 Å². The fourth-order valence-electron chi connectivity index (χ4n) is 1.97. The highest BCUT2D eigenvalue weighted by atomic mass is 35.5. The summed E-state index contributed by atoms with van der Waals surface area (Å²) in [5, 5.41) is 9.80. The molecule has 1 unspecified atom stereocenters. The largest absolute Gasteiger partial charge is 0.481 e. The average Bonchev–Trinajstić information content (AvgIpc) is 2.35. The van der Waals surface area contributed by atoms with E-state index in [1.54, 1.807) is 36.4 Å². The van der Waals surface area contributed by atoms with Gasteiger partial charge in [0.15, 0.2) is 0 Å². The second-order valence-corrected chi connectivity index (χ2v) is 4.72. The van der Waals surface area contributed by atoms with Gasteiger partial charge in [-0.2, -0.15) is 0 Å². The number of carboxylic acid groups (broad SMARTS) is 1. The lowest BCUT2D eigenvalue weighted by Crippen LogP contribution is -2.14. The monoisotopic (exact) mass is 278 g/mol. The predicted octanol–water partition coefficient (Wildman–Crippen LogP) is 3.89. The quantitative estimate of drug-likeness (QED) is 0.921. The van der Waals surface area contributed by atoms with Crippen molar-refractivity contribution in [3.8, 4) is 0 Å². The Morgan fingerprint density at radius 2 is 1.95 bits per heavy atom. The van der Waals surface area contributed by atoms with Gasteiger partial charge in [0.1, 0.15) is 5.82 Å². The van der Waals surface area contributed by atoms with E-state index in [1.807, 2.05) is 0 Å². The zero-order valence-electron chi connectivity index (χ0n) is 10.0. The van der Waals surface area contributed by atoms with E-state index in [1.165, 1.54) is 12.1 Å². The highest BCUT2D eigenvalue weighted by Crippen LogP contribution is 2.24. The summed E-state index contributed by atoms with van der Waals surface area (Å²) in [5.41, 5.74) is 1.26. The van der Waals surface area contributed by atoms with Crippen LogP contribution in [-0.4, -0.2) is 11.1 Å². The second-order valence-electron chi connectivity index (χ2n) is 4.28. The second kappa shape index (κ2) is 5.85. The van der Waals surface area contributed by atoms with Crippen LogP contribution in [0.3, 0.4) is 0 Å². The van der Waals surface area contributed by atoms with Gasteiger partial charge < -0.3 is 5.11 Å². The van der Waals surface area contributed by atoms with Crippen molar-refractivity contribution in [2.45, 2.75) is 12.3 Å². The van der Waals surface area contributed by atoms with Crippen LogP contribution < -0.4 is 0 Å². The molecular formula is C15H12ClFO2. The lowest BCUT2D eigenvalue weighted by Gasteiger charge is -2.13. The van der Waals surface area contributed by atoms with E-state index in [9.17, 15) is 14.3 Å². The van der Waals surface area contributed by atoms with Crippen LogP contribution in [0.15, 0.2) is 48.5 Å². The molecule has 19 heavy (non-hydrogen) atoms. The van der Waals surface area contributed by atoms with Gasteiger partial charge in [-0.25, -0.2) is 4.39 Å². The van der Waals surface area contributed by atoms with Crippen molar-refractivity contribution < 1.29 is 14.3 Å². The van der Waals surface area contributed by atoms with E-state index < -0.39 is 11.9 Å². The first-order valence-electron chi connectivity index (χ1n) is 5.79. The van der Waals surface area contributed by atoms with Crippen LogP contribution in [0, 0.1) is 5.82 Å². The molecule has 0 saturated heterocycles. The predicted molar refractivity (Wildman–Crippen MR) is 71.9 cm³/mol. The normalized spacial score (nSPS) is 12.1. The van der Waals surface area contributed by atoms with E-state index in [-0.39, 0.29) is 12.2 Å². The maximum absolute atomic E-state index is 13.1. The number of rotatable bonds is 4. The summed E-state index contributed by atoms with van der Waals surface area (Å²) in [7, 11) is 0. The number of hydrogen-bond acceptors (Lipinski definition) is 1. The minimum Gasteiger partial charge on any atom is -0.481 e. The van der Waals surface area contributed by atoms with Crippen LogP contribution in [-0.2, 0) is 11.2 Å². The first-order valence-corrected chi connectivity index (χ1v) is 6.17. The van der Waals surface area contributed by atoms with Crippen LogP contribution in [0.5, 0.6) is 0 Å². The molecule has 2 nitrogen and oxygen atoms in total. The third-order valence-corrected chi connectivity index (χ3v) is 3.11. The molecule has 2 aromatic carbocycles. The summed E-state index contributed by atoms with van der Waals surface area (Å²) in [6.45, 7) is 0. The highest BCUT2D eigenvalue weighted by Gasteiger charge is 2.20. The van der Waals surface area contributed by atoms with E-state index in [0.29, 0.717) is 16.1 Å². The molecule has 98 valence electrons. The molecular weight excluding hydrogens is 267 g/mol. The highest BCUT2D eigenvalue weighted by molar-refractivity contribution is 6.30.